The number of unbranched alkanes of at least 4 members (excludes halogenated alkanes) is 4. The number of carbonyl (C=O) groups is 1. The van der Waals surface area contributed by atoms with E-state index in [9.17, 15) is 4.79 Å². The van der Waals surface area contributed by atoms with Crippen LogP contribution in [0.2, 0.25) is 0 Å². The number of aromatic nitrogens is 2. The monoisotopic (exact) mass is 430 g/mol. The third kappa shape index (κ3) is 5.66. The molecule has 2 aromatic rings. The van der Waals surface area contributed by atoms with Crippen LogP contribution in [0.4, 0.5) is 11.8 Å². The molecule has 1 aliphatic rings. The van der Waals surface area contributed by atoms with Crippen LogP contribution in [0.3, 0.4) is 0 Å². The number of anilines is 2. The molecule has 1 aliphatic heterocycles. The van der Waals surface area contributed by atoms with E-state index in [2.05, 4.69) is 14.9 Å². The second kappa shape index (κ2) is 11.0. The average Bonchev–Trinajstić information content (AvgIpc) is 2.80. The molecule has 1 amide bonds. The Labute approximate surface area is 183 Å². The maximum absolute atomic E-state index is 12.5. The predicted octanol–water partition coefficient (Wildman–Crippen LogP) is 2.18. The highest BCUT2D eigenvalue weighted by Crippen LogP contribution is 2.34. The van der Waals surface area contributed by atoms with Gasteiger partial charge in [0, 0.05) is 44.1 Å². The molecule has 3 rings (SSSR count). The first-order chi connectivity index (χ1) is 15.1. The number of nitrogens with zero attached hydrogens (tertiary/aromatic N) is 4. The van der Waals surface area contributed by atoms with Crippen LogP contribution in [0.15, 0.2) is 12.1 Å². The van der Waals surface area contributed by atoms with Gasteiger partial charge in [0.15, 0.2) is 11.5 Å². The van der Waals surface area contributed by atoms with Gasteiger partial charge in [-0.2, -0.15) is 4.98 Å². The van der Waals surface area contributed by atoms with Gasteiger partial charge in [-0.05, 0) is 25.5 Å². The number of carbonyl (C=O) groups excluding carboxylic acids is 1. The fraction of sp³-hybridized carbons (Fsp3) is 0.591. The number of amides is 1. The van der Waals surface area contributed by atoms with Gasteiger partial charge in [0.2, 0.25) is 11.9 Å². The van der Waals surface area contributed by atoms with Crippen molar-refractivity contribution in [2.45, 2.75) is 38.5 Å². The Morgan fingerprint density at radius 3 is 2.29 bits per heavy atom. The first-order valence-corrected chi connectivity index (χ1v) is 11.0. The number of benzene rings is 1. The first kappa shape index (κ1) is 22.9. The topological polar surface area (TPSA) is 120 Å². The van der Waals surface area contributed by atoms with Crippen molar-refractivity contribution in [3.63, 3.8) is 0 Å². The molecule has 1 saturated heterocycles. The van der Waals surface area contributed by atoms with Crippen LogP contribution < -0.4 is 25.8 Å². The minimum atomic E-state index is 0.231. The normalized spacial score (nSPS) is 14.2. The molecule has 2 heterocycles. The quantitative estimate of drug-likeness (QED) is 0.550. The van der Waals surface area contributed by atoms with Gasteiger partial charge in [-0.1, -0.05) is 19.3 Å². The van der Waals surface area contributed by atoms with Crippen molar-refractivity contribution < 1.29 is 14.3 Å². The zero-order valence-electron chi connectivity index (χ0n) is 18.6. The standard InChI is InChI=1S/C22H34N6O3/c1-30-18-14-16-17(15-19(18)31-2)25-22(26-21(16)24)28-12-10-27(11-13-28)20(29)8-6-4-3-5-7-9-23/h14-15H,3-13,23H2,1-2H3,(H2,24,25,26). The fourth-order valence-corrected chi connectivity index (χ4v) is 3.87. The van der Waals surface area contributed by atoms with E-state index in [1.54, 1.807) is 20.3 Å². The molecule has 0 aliphatic carbocycles. The van der Waals surface area contributed by atoms with Crippen molar-refractivity contribution in [3.8, 4) is 11.5 Å². The Hall–Kier alpha value is -2.81. The fourth-order valence-electron chi connectivity index (χ4n) is 3.87. The SMILES string of the molecule is COc1cc2nc(N3CCN(C(=O)CCCCCCCN)CC3)nc(N)c2cc1OC. The lowest BCUT2D eigenvalue weighted by atomic mass is 10.1. The van der Waals surface area contributed by atoms with Gasteiger partial charge in [0.1, 0.15) is 5.82 Å². The molecule has 9 heteroatoms. The Morgan fingerprint density at radius 1 is 0.968 bits per heavy atom. The molecule has 31 heavy (non-hydrogen) atoms. The zero-order chi connectivity index (χ0) is 22.2. The molecule has 0 radical (unpaired) electrons. The molecule has 0 saturated carbocycles. The number of hydrogen-bond acceptors (Lipinski definition) is 8. The molecule has 0 spiro atoms. The van der Waals surface area contributed by atoms with Crippen LogP contribution in [-0.2, 0) is 4.79 Å². The molecule has 4 N–H and O–H groups in total. The molecule has 1 aromatic carbocycles. The Balaban J connectivity index is 1.58. The van der Waals surface area contributed by atoms with E-state index in [-0.39, 0.29) is 5.91 Å². The van der Waals surface area contributed by atoms with Crippen molar-refractivity contribution in [3.05, 3.63) is 12.1 Å². The number of nitrogen functional groups attached to an aromatic ring is 1. The Morgan fingerprint density at radius 2 is 1.61 bits per heavy atom. The summed E-state index contributed by atoms with van der Waals surface area (Å²) in [4.78, 5) is 25.7. The van der Waals surface area contributed by atoms with Gasteiger partial charge in [-0.25, -0.2) is 4.98 Å². The number of methoxy groups -OCH3 is 2. The molecule has 1 aromatic heterocycles. The first-order valence-electron chi connectivity index (χ1n) is 11.0. The molecule has 1 fully saturated rings. The maximum atomic E-state index is 12.5. The molecule has 0 unspecified atom stereocenters. The highest BCUT2D eigenvalue weighted by atomic mass is 16.5. The van der Waals surface area contributed by atoms with Crippen LogP contribution >= 0.6 is 0 Å². The third-order valence-electron chi connectivity index (χ3n) is 5.73. The van der Waals surface area contributed by atoms with Crippen LogP contribution in [0.5, 0.6) is 11.5 Å². The highest BCUT2D eigenvalue weighted by molar-refractivity contribution is 5.91. The second-order valence-electron chi connectivity index (χ2n) is 7.81. The third-order valence-corrected chi connectivity index (χ3v) is 5.73. The summed E-state index contributed by atoms with van der Waals surface area (Å²) in [6.45, 7) is 3.44. The number of rotatable bonds is 10. The Bertz CT molecular complexity index is 883. The van der Waals surface area contributed by atoms with E-state index in [0.29, 0.717) is 61.4 Å². The van der Waals surface area contributed by atoms with Crippen molar-refractivity contribution in [2.75, 3.05) is 57.6 Å². The summed E-state index contributed by atoms with van der Waals surface area (Å²) in [7, 11) is 3.17. The summed E-state index contributed by atoms with van der Waals surface area (Å²) in [5.41, 5.74) is 12.4. The van der Waals surface area contributed by atoms with E-state index in [1.165, 1.54) is 0 Å². The average molecular weight is 431 g/mol. The second-order valence-corrected chi connectivity index (χ2v) is 7.81. The van der Waals surface area contributed by atoms with Gasteiger partial charge in [-0.15, -0.1) is 0 Å². The van der Waals surface area contributed by atoms with Crippen LogP contribution in [0, 0.1) is 0 Å². The molecular formula is C22H34N6O3. The van der Waals surface area contributed by atoms with Gasteiger partial charge < -0.3 is 30.7 Å². The lowest BCUT2D eigenvalue weighted by Crippen LogP contribution is -2.49. The molecule has 0 bridgehead atoms. The summed E-state index contributed by atoms with van der Waals surface area (Å²) >= 11 is 0. The summed E-state index contributed by atoms with van der Waals surface area (Å²) in [5.74, 6) is 2.38. The maximum Gasteiger partial charge on any atom is 0.228 e. The zero-order valence-corrected chi connectivity index (χ0v) is 18.6. The lowest BCUT2D eigenvalue weighted by molar-refractivity contribution is -0.131. The summed E-state index contributed by atoms with van der Waals surface area (Å²) < 4.78 is 10.7. The number of hydrogen-bond donors (Lipinski definition) is 2. The van der Waals surface area contributed by atoms with Gasteiger partial charge in [-0.3, -0.25) is 4.79 Å². The number of nitrogens with two attached hydrogens (primary N) is 2. The van der Waals surface area contributed by atoms with E-state index < -0.39 is 0 Å². The Kier molecular flexibility index (Phi) is 8.11. The minimum absolute atomic E-state index is 0.231. The van der Waals surface area contributed by atoms with Gasteiger partial charge in [0.05, 0.1) is 19.7 Å². The molecular weight excluding hydrogens is 396 g/mol. The van der Waals surface area contributed by atoms with Crippen molar-refractivity contribution in [1.82, 2.24) is 14.9 Å². The van der Waals surface area contributed by atoms with Crippen molar-refractivity contribution in [1.29, 1.82) is 0 Å². The van der Waals surface area contributed by atoms with Crippen molar-refractivity contribution >= 4 is 28.6 Å². The summed E-state index contributed by atoms with van der Waals surface area (Å²) in [6.07, 6.45) is 6.01. The number of piperazine rings is 1. The summed E-state index contributed by atoms with van der Waals surface area (Å²) in [6, 6.07) is 3.60. The van der Waals surface area contributed by atoms with Crippen molar-refractivity contribution in [2.24, 2.45) is 5.73 Å². The predicted molar refractivity (Wildman–Crippen MR) is 123 cm³/mol. The molecule has 170 valence electrons. The number of ether oxygens (including phenoxy) is 2. The highest BCUT2D eigenvalue weighted by Gasteiger charge is 2.23. The number of fused-ring (bicyclic) bond motifs is 1. The van der Waals surface area contributed by atoms with Crippen LogP contribution in [0.1, 0.15) is 38.5 Å². The van der Waals surface area contributed by atoms with E-state index in [4.69, 9.17) is 20.9 Å². The van der Waals surface area contributed by atoms with E-state index in [1.807, 2.05) is 11.0 Å². The van der Waals surface area contributed by atoms with Crippen LogP contribution in [-0.4, -0.2) is 67.7 Å². The minimum Gasteiger partial charge on any atom is -0.493 e. The van der Waals surface area contributed by atoms with Crippen LogP contribution in [0.25, 0.3) is 10.9 Å². The largest absolute Gasteiger partial charge is 0.493 e. The van der Waals surface area contributed by atoms with E-state index in [0.717, 1.165) is 44.0 Å². The molecule has 0 atom stereocenters. The van der Waals surface area contributed by atoms with E-state index >= 15 is 0 Å². The van der Waals surface area contributed by atoms with Gasteiger partial charge in [0.25, 0.3) is 0 Å². The van der Waals surface area contributed by atoms with Gasteiger partial charge >= 0.3 is 0 Å². The smallest absolute Gasteiger partial charge is 0.228 e. The summed E-state index contributed by atoms with van der Waals surface area (Å²) in [5, 5.41) is 0.724. The lowest BCUT2D eigenvalue weighted by Gasteiger charge is -2.35. The molecule has 9 nitrogen and oxygen atoms in total.